The first-order chi connectivity index (χ1) is 17.5. The van der Waals surface area contributed by atoms with Crippen LogP contribution in [0.25, 0.3) is 0 Å². The van der Waals surface area contributed by atoms with Gasteiger partial charge in [0.05, 0.1) is 17.0 Å². The molecule has 6 rings (SSSR count). The summed E-state index contributed by atoms with van der Waals surface area (Å²) in [7, 11) is 0. The van der Waals surface area contributed by atoms with Gasteiger partial charge in [-0.05, 0) is 54.3 Å². The third-order valence-electron chi connectivity index (χ3n) is 7.07. The maximum Gasteiger partial charge on any atom is 0.586 e. The van der Waals surface area contributed by atoms with Crippen LogP contribution in [0.1, 0.15) is 53.7 Å². The highest BCUT2D eigenvalue weighted by Gasteiger charge is 2.53. The summed E-state index contributed by atoms with van der Waals surface area (Å²) in [5, 5.41) is 3.08. The van der Waals surface area contributed by atoms with Crippen LogP contribution in [0.2, 0.25) is 0 Å². The third-order valence-corrected chi connectivity index (χ3v) is 7.07. The number of carbonyl (C=O) groups is 1. The predicted octanol–water partition coefficient (Wildman–Crippen LogP) is 6.44. The minimum absolute atomic E-state index is 0.0947. The van der Waals surface area contributed by atoms with Crippen molar-refractivity contribution in [2.24, 2.45) is 0 Å². The number of halogens is 5. The Bertz CT molecular complexity index is 1370. The second-order valence-corrected chi connectivity index (χ2v) is 9.44. The topological polar surface area (TPSA) is 56.8 Å². The number of rotatable bonds is 4. The molecule has 2 aliphatic heterocycles. The maximum absolute atomic E-state index is 13.5. The van der Waals surface area contributed by atoms with E-state index in [1.165, 1.54) is 24.3 Å². The van der Waals surface area contributed by atoms with Gasteiger partial charge >= 0.3 is 12.5 Å². The number of nitrogens with one attached hydrogen (secondary N) is 1. The van der Waals surface area contributed by atoms with Gasteiger partial charge in [0.1, 0.15) is 11.9 Å². The monoisotopic (exact) mass is 517 g/mol. The number of hydrogen-bond acceptors (Lipinski definition) is 4. The van der Waals surface area contributed by atoms with Gasteiger partial charge in [0.25, 0.3) is 0 Å². The summed E-state index contributed by atoms with van der Waals surface area (Å²) < 4.78 is 81.0. The molecule has 1 amide bonds. The van der Waals surface area contributed by atoms with E-state index in [2.05, 4.69) is 14.8 Å². The molecule has 1 N–H and O–H groups in total. The maximum atomic E-state index is 13.5. The van der Waals surface area contributed by atoms with Crippen LogP contribution in [-0.2, 0) is 16.4 Å². The molecule has 0 radical (unpaired) electrons. The van der Waals surface area contributed by atoms with Crippen molar-refractivity contribution < 1.29 is 41.0 Å². The molecule has 0 saturated heterocycles. The van der Waals surface area contributed by atoms with E-state index in [0.29, 0.717) is 36.1 Å². The summed E-state index contributed by atoms with van der Waals surface area (Å²) in [6, 6.07) is 15.8. The number of para-hydroxylation sites is 1. The molecule has 3 aliphatic rings. The fourth-order valence-electron chi connectivity index (χ4n) is 4.96. The van der Waals surface area contributed by atoms with Crippen molar-refractivity contribution in [3.63, 3.8) is 0 Å². The lowest BCUT2D eigenvalue weighted by Crippen LogP contribution is -2.39. The molecule has 37 heavy (non-hydrogen) atoms. The molecule has 0 spiro atoms. The Labute approximate surface area is 208 Å². The van der Waals surface area contributed by atoms with E-state index in [9.17, 15) is 26.7 Å². The number of alkyl halides is 5. The molecule has 1 fully saturated rings. The lowest BCUT2D eigenvalue weighted by atomic mass is 9.90. The van der Waals surface area contributed by atoms with Crippen molar-refractivity contribution in [2.45, 2.75) is 49.3 Å². The molecular weight excluding hydrogens is 497 g/mol. The molecule has 3 aromatic carbocycles. The summed E-state index contributed by atoms with van der Waals surface area (Å²) in [6.45, 7) is 0. The van der Waals surface area contributed by atoms with Crippen molar-refractivity contribution in [1.29, 1.82) is 0 Å². The zero-order chi connectivity index (χ0) is 26.0. The lowest BCUT2D eigenvalue weighted by molar-refractivity contribution is -0.286. The van der Waals surface area contributed by atoms with Crippen LogP contribution >= 0.6 is 0 Å². The largest absolute Gasteiger partial charge is 0.586 e. The van der Waals surface area contributed by atoms with Gasteiger partial charge in [0.15, 0.2) is 11.5 Å². The standard InChI is InChI=1S/C27H20F5NO4/c28-26(29,30)16-7-5-15(6-8-16)22-14-19(18-3-1-2-4-20(18)35-22)33-24(34)25(11-12-25)17-9-10-21-23(13-17)37-27(31,32)36-21/h1-10,13,19,22H,11-12,14H2,(H,33,34). The summed E-state index contributed by atoms with van der Waals surface area (Å²) in [4.78, 5) is 13.5. The van der Waals surface area contributed by atoms with Crippen molar-refractivity contribution in [3.05, 3.63) is 89.0 Å². The Morgan fingerprint density at radius 2 is 1.59 bits per heavy atom. The Morgan fingerprint density at radius 1 is 0.892 bits per heavy atom. The summed E-state index contributed by atoms with van der Waals surface area (Å²) in [6.07, 6.45) is -7.41. The van der Waals surface area contributed by atoms with E-state index in [4.69, 9.17) is 4.74 Å². The Kier molecular flexibility index (Phi) is 5.15. The van der Waals surface area contributed by atoms with E-state index in [0.717, 1.165) is 17.7 Å². The molecule has 1 aliphatic carbocycles. The highest BCUT2D eigenvalue weighted by atomic mass is 19.4. The molecule has 2 heterocycles. The normalized spacial score (nSPS) is 22.5. The number of hydrogen-bond donors (Lipinski definition) is 1. The number of benzene rings is 3. The van der Waals surface area contributed by atoms with Crippen LogP contribution in [0, 0.1) is 0 Å². The molecule has 10 heteroatoms. The van der Waals surface area contributed by atoms with Gasteiger partial charge in [-0.3, -0.25) is 4.79 Å². The third kappa shape index (κ3) is 4.24. The fraction of sp³-hybridized carbons (Fsp3) is 0.296. The average Bonchev–Trinajstić information content (AvgIpc) is 3.60. The van der Waals surface area contributed by atoms with Gasteiger partial charge in [0.2, 0.25) is 5.91 Å². The quantitative estimate of drug-likeness (QED) is 0.405. The van der Waals surface area contributed by atoms with Crippen LogP contribution in [0.15, 0.2) is 66.7 Å². The molecule has 0 aromatic heterocycles. The van der Waals surface area contributed by atoms with Crippen molar-refractivity contribution in [3.8, 4) is 17.2 Å². The zero-order valence-electron chi connectivity index (χ0n) is 19.1. The van der Waals surface area contributed by atoms with Gasteiger partial charge < -0.3 is 19.5 Å². The van der Waals surface area contributed by atoms with Gasteiger partial charge in [-0.2, -0.15) is 13.2 Å². The second kappa shape index (κ2) is 8.09. The Hall–Kier alpha value is -3.82. The van der Waals surface area contributed by atoms with Crippen LogP contribution in [0.5, 0.6) is 17.2 Å². The summed E-state index contributed by atoms with van der Waals surface area (Å²) >= 11 is 0. The number of carbonyl (C=O) groups excluding carboxylic acids is 1. The minimum Gasteiger partial charge on any atom is -0.485 e. The first-order valence-corrected chi connectivity index (χ1v) is 11.7. The van der Waals surface area contributed by atoms with Crippen molar-refractivity contribution >= 4 is 5.91 Å². The van der Waals surface area contributed by atoms with E-state index in [1.54, 1.807) is 18.2 Å². The number of ether oxygens (including phenoxy) is 3. The van der Waals surface area contributed by atoms with E-state index in [-0.39, 0.29) is 17.4 Å². The highest BCUT2D eigenvalue weighted by Crippen LogP contribution is 2.52. The smallest absolute Gasteiger partial charge is 0.485 e. The average molecular weight is 517 g/mol. The molecule has 2 unspecified atom stereocenters. The predicted molar refractivity (Wildman–Crippen MR) is 120 cm³/mol. The van der Waals surface area contributed by atoms with Crippen LogP contribution < -0.4 is 19.5 Å². The zero-order valence-corrected chi connectivity index (χ0v) is 19.1. The molecule has 0 bridgehead atoms. The summed E-state index contributed by atoms with van der Waals surface area (Å²) in [5.41, 5.74) is 0.201. The van der Waals surface area contributed by atoms with Crippen LogP contribution in [0.3, 0.4) is 0 Å². The van der Waals surface area contributed by atoms with E-state index in [1.807, 2.05) is 12.1 Å². The van der Waals surface area contributed by atoms with Gasteiger partial charge in [-0.25, -0.2) is 0 Å². The SMILES string of the molecule is O=C(NC1CC(c2ccc(C(F)(F)F)cc2)Oc2ccccc21)C1(c2ccc3c(c2)OC(F)(F)O3)CC1. The lowest BCUT2D eigenvalue weighted by Gasteiger charge is -2.34. The Morgan fingerprint density at radius 3 is 2.30 bits per heavy atom. The molecule has 3 aromatic rings. The summed E-state index contributed by atoms with van der Waals surface area (Å²) in [5.74, 6) is 0.0353. The van der Waals surface area contributed by atoms with Gasteiger partial charge in [-0.1, -0.05) is 36.4 Å². The number of fused-ring (bicyclic) bond motifs is 2. The van der Waals surface area contributed by atoms with Crippen LogP contribution in [0.4, 0.5) is 22.0 Å². The first kappa shape index (κ1) is 23.6. The van der Waals surface area contributed by atoms with Crippen LogP contribution in [-0.4, -0.2) is 12.2 Å². The highest BCUT2D eigenvalue weighted by molar-refractivity contribution is 5.92. The molecular formula is C27H20F5NO4. The van der Waals surface area contributed by atoms with Gasteiger partial charge in [-0.15, -0.1) is 8.78 Å². The number of amides is 1. The van der Waals surface area contributed by atoms with Crippen molar-refractivity contribution in [1.82, 2.24) is 5.32 Å². The van der Waals surface area contributed by atoms with E-state index < -0.39 is 35.6 Å². The molecule has 5 nitrogen and oxygen atoms in total. The molecule has 2 atom stereocenters. The van der Waals surface area contributed by atoms with E-state index >= 15 is 0 Å². The molecule has 192 valence electrons. The minimum atomic E-state index is -4.45. The van der Waals surface area contributed by atoms with Crippen molar-refractivity contribution in [2.75, 3.05) is 0 Å². The van der Waals surface area contributed by atoms with Gasteiger partial charge in [0, 0.05) is 12.0 Å². The molecule has 1 saturated carbocycles. The first-order valence-electron chi connectivity index (χ1n) is 11.7. The second-order valence-electron chi connectivity index (χ2n) is 9.44. The Balaban J connectivity index is 1.25. The fourth-order valence-corrected chi connectivity index (χ4v) is 4.96.